The minimum absolute atomic E-state index is 0.0897. The van der Waals surface area contributed by atoms with Crippen LogP contribution in [-0.4, -0.2) is 39.6 Å². The van der Waals surface area contributed by atoms with Gasteiger partial charge in [0.1, 0.15) is 12.1 Å². The third-order valence-corrected chi connectivity index (χ3v) is 6.20. The molecule has 1 amide bonds. The Morgan fingerprint density at radius 3 is 3.00 bits per heavy atom. The molecule has 0 radical (unpaired) electrons. The van der Waals surface area contributed by atoms with Gasteiger partial charge in [0, 0.05) is 25.2 Å². The van der Waals surface area contributed by atoms with Crippen LogP contribution in [0, 0.1) is 5.92 Å². The van der Waals surface area contributed by atoms with Crippen molar-refractivity contribution in [3.05, 3.63) is 53.9 Å². The van der Waals surface area contributed by atoms with Gasteiger partial charge >= 0.3 is 0 Å². The number of likely N-dealkylation sites (tertiary alicyclic amines) is 1. The Hall–Kier alpha value is -2.80. The maximum atomic E-state index is 13.3. The summed E-state index contributed by atoms with van der Waals surface area (Å²) in [6, 6.07) is 9.91. The third-order valence-electron chi connectivity index (χ3n) is 6.20. The fourth-order valence-electron chi connectivity index (χ4n) is 4.77. The van der Waals surface area contributed by atoms with Crippen molar-refractivity contribution in [1.29, 1.82) is 0 Å². The number of hydrogen-bond acceptors (Lipinski definition) is 6. The highest BCUT2D eigenvalue weighted by molar-refractivity contribution is 5.88. The smallest absolute Gasteiger partial charge is 0.242 e. The zero-order valence-electron chi connectivity index (χ0n) is 15.8. The van der Waals surface area contributed by atoms with Gasteiger partial charge in [0.2, 0.25) is 17.7 Å². The minimum Gasteiger partial charge on any atom is -0.420 e. The maximum absolute atomic E-state index is 13.3. The van der Waals surface area contributed by atoms with Crippen LogP contribution in [0.2, 0.25) is 0 Å². The van der Waals surface area contributed by atoms with Crippen LogP contribution in [0.1, 0.15) is 36.6 Å². The molecule has 1 saturated carbocycles. The molecule has 2 aromatic heterocycles. The molecule has 2 atom stereocenters. The Bertz CT molecular complexity index is 1030. The molecule has 7 heteroatoms. The summed E-state index contributed by atoms with van der Waals surface area (Å²) < 4.78 is 11.0. The summed E-state index contributed by atoms with van der Waals surface area (Å²) in [4.78, 5) is 19.8. The van der Waals surface area contributed by atoms with Gasteiger partial charge in [-0.25, -0.2) is 0 Å². The summed E-state index contributed by atoms with van der Waals surface area (Å²) in [6.07, 6.45) is 5.02. The van der Waals surface area contributed by atoms with Crippen molar-refractivity contribution in [1.82, 2.24) is 20.1 Å². The number of hydrogen-bond donors (Lipinski definition) is 0. The highest BCUT2D eigenvalue weighted by atomic mass is 16.5. The topological polar surface area (TPSA) is 81.4 Å². The molecule has 0 unspecified atom stereocenters. The van der Waals surface area contributed by atoms with E-state index in [1.54, 1.807) is 13.3 Å². The van der Waals surface area contributed by atoms with Gasteiger partial charge in [-0.05, 0) is 36.8 Å². The zero-order chi connectivity index (χ0) is 19.1. The van der Waals surface area contributed by atoms with E-state index in [0.29, 0.717) is 24.1 Å². The van der Waals surface area contributed by atoms with Crippen molar-refractivity contribution in [3.8, 4) is 0 Å². The van der Waals surface area contributed by atoms with E-state index < -0.39 is 5.54 Å². The summed E-state index contributed by atoms with van der Waals surface area (Å²) in [7, 11) is 1.60. The second-order valence-corrected chi connectivity index (χ2v) is 7.60. The number of methoxy groups -OCH3 is 1. The average Bonchev–Trinajstić information content (AvgIpc) is 3.25. The number of carbonyl (C=O) groups is 1. The molecule has 3 heterocycles. The lowest BCUT2D eigenvalue weighted by Gasteiger charge is -2.47. The van der Waals surface area contributed by atoms with E-state index >= 15 is 0 Å². The molecule has 1 aliphatic heterocycles. The summed E-state index contributed by atoms with van der Waals surface area (Å²) in [5.41, 5.74) is 1.39. The molecule has 3 aromatic rings. The average molecular weight is 378 g/mol. The predicted molar refractivity (Wildman–Crippen MR) is 101 cm³/mol. The highest BCUT2D eigenvalue weighted by Crippen LogP contribution is 2.56. The van der Waals surface area contributed by atoms with Crippen LogP contribution >= 0.6 is 0 Å². The van der Waals surface area contributed by atoms with Crippen molar-refractivity contribution in [2.45, 2.75) is 37.8 Å². The van der Waals surface area contributed by atoms with Crippen molar-refractivity contribution < 1.29 is 13.9 Å². The van der Waals surface area contributed by atoms with E-state index in [1.807, 2.05) is 35.2 Å². The Morgan fingerprint density at radius 2 is 2.18 bits per heavy atom. The lowest BCUT2D eigenvalue weighted by atomic mass is 9.67. The van der Waals surface area contributed by atoms with Crippen LogP contribution in [0.15, 0.2) is 40.9 Å². The first-order valence-corrected chi connectivity index (χ1v) is 9.67. The lowest BCUT2D eigenvalue weighted by Crippen LogP contribution is -2.54. The number of benzene rings is 1. The van der Waals surface area contributed by atoms with E-state index in [2.05, 4.69) is 15.2 Å². The molecular formula is C21H22N4O3. The number of amides is 1. The van der Waals surface area contributed by atoms with Gasteiger partial charge in [0.25, 0.3) is 0 Å². The Morgan fingerprint density at radius 1 is 1.29 bits per heavy atom. The largest absolute Gasteiger partial charge is 0.420 e. The van der Waals surface area contributed by atoms with Crippen molar-refractivity contribution in [2.24, 2.45) is 5.92 Å². The monoisotopic (exact) mass is 378 g/mol. The molecule has 1 aromatic carbocycles. The van der Waals surface area contributed by atoms with Gasteiger partial charge in [-0.3, -0.25) is 9.78 Å². The first kappa shape index (κ1) is 17.3. The molecular weight excluding hydrogens is 356 g/mol. The van der Waals surface area contributed by atoms with Crippen LogP contribution in [-0.2, 0) is 28.1 Å². The summed E-state index contributed by atoms with van der Waals surface area (Å²) in [5.74, 6) is 1.48. The quantitative estimate of drug-likeness (QED) is 0.679. The number of carbonyl (C=O) groups excluding carboxylic acids is 1. The second kappa shape index (κ2) is 6.67. The fraction of sp³-hybridized carbons (Fsp3) is 0.429. The van der Waals surface area contributed by atoms with Gasteiger partial charge in [-0.1, -0.05) is 24.3 Å². The van der Waals surface area contributed by atoms with Gasteiger partial charge in [-0.2, -0.15) is 0 Å². The normalized spacial score (nSPS) is 23.6. The number of nitrogens with zero attached hydrogens (tertiary/aromatic N) is 4. The third kappa shape index (κ3) is 2.53. The van der Waals surface area contributed by atoms with Crippen LogP contribution in [0.5, 0.6) is 0 Å². The van der Waals surface area contributed by atoms with Gasteiger partial charge in [0.15, 0.2) is 0 Å². The standard InChI is InChI=1S/C21H22N4O3/c1-27-13-17-23-24-20(28-17)21-9-7-16(21)8-11-25(21)18(26)12-15-5-2-4-14-6-3-10-22-19(14)15/h2-6,10,16H,7-9,11-13H2,1H3/t16-,21-/m0/s1. The molecule has 28 heavy (non-hydrogen) atoms. The summed E-state index contributed by atoms with van der Waals surface area (Å²) in [6.45, 7) is 1.01. The Kier molecular flexibility index (Phi) is 4.12. The molecule has 1 aliphatic carbocycles. The van der Waals surface area contributed by atoms with Crippen LogP contribution in [0.25, 0.3) is 10.9 Å². The summed E-state index contributed by atoms with van der Waals surface area (Å²) >= 11 is 0. The molecule has 0 spiro atoms. The number of pyridine rings is 1. The SMILES string of the molecule is COCc1nnc([C@]23CC[C@H]2CCN3C(=O)Cc2cccc3cccnc23)o1. The molecule has 7 nitrogen and oxygen atoms in total. The highest BCUT2D eigenvalue weighted by Gasteiger charge is 2.60. The van der Waals surface area contributed by atoms with Crippen LogP contribution < -0.4 is 0 Å². The predicted octanol–water partition coefficient (Wildman–Crippen LogP) is 2.84. The van der Waals surface area contributed by atoms with Gasteiger partial charge in [0.05, 0.1) is 11.9 Å². The van der Waals surface area contributed by atoms with Crippen LogP contribution in [0.3, 0.4) is 0 Å². The van der Waals surface area contributed by atoms with E-state index in [0.717, 1.165) is 42.3 Å². The van der Waals surface area contributed by atoms with Crippen molar-refractivity contribution in [2.75, 3.05) is 13.7 Å². The zero-order valence-corrected chi connectivity index (χ0v) is 15.8. The van der Waals surface area contributed by atoms with E-state index in [1.165, 1.54) is 0 Å². The Balaban J connectivity index is 1.45. The van der Waals surface area contributed by atoms with Crippen molar-refractivity contribution in [3.63, 3.8) is 0 Å². The van der Waals surface area contributed by atoms with Gasteiger partial charge in [-0.15, -0.1) is 10.2 Å². The molecule has 144 valence electrons. The summed E-state index contributed by atoms with van der Waals surface area (Å²) in [5, 5.41) is 9.42. The van der Waals surface area contributed by atoms with E-state index in [9.17, 15) is 4.79 Å². The fourth-order valence-corrected chi connectivity index (χ4v) is 4.77. The minimum atomic E-state index is -0.450. The molecule has 2 fully saturated rings. The first-order chi connectivity index (χ1) is 13.7. The molecule has 2 aliphatic rings. The number of ether oxygens (including phenoxy) is 1. The lowest BCUT2D eigenvalue weighted by molar-refractivity contribution is -0.141. The number of aromatic nitrogens is 3. The molecule has 5 rings (SSSR count). The maximum Gasteiger partial charge on any atom is 0.242 e. The first-order valence-electron chi connectivity index (χ1n) is 9.67. The van der Waals surface area contributed by atoms with Gasteiger partial charge < -0.3 is 14.1 Å². The number of fused-ring (bicyclic) bond motifs is 2. The van der Waals surface area contributed by atoms with E-state index in [4.69, 9.17) is 9.15 Å². The van der Waals surface area contributed by atoms with Crippen molar-refractivity contribution >= 4 is 16.8 Å². The second-order valence-electron chi connectivity index (χ2n) is 7.60. The van der Waals surface area contributed by atoms with E-state index in [-0.39, 0.29) is 12.5 Å². The van der Waals surface area contributed by atoms with Crippen LogP contribution in [0.4, 0.5) is 0 Å². The number of para-hydroxylation sites is 1. The number of rotatable bonds is 5. The molecule has 0 N–H and O–H groups in total. The Labute approximate surface area is 162 Å². The molecule has 1 saturated heterocycles. The molecule has 0 bridgehead atoms.